The first-order chi connectivity index (χ1) is 23.9. The number of benzene rings is 4. The fourth-order valence-corrected chi connectivity index (χ4v) is 6.47. The number of amides is 2. The number of ether oxygens (including phenoxy) is 4. The number of nitrogens with one attached hydrogen (secondary N) is 2. The van der Waals surface area contributed by atoms with Crippen molar-refractivity contribution in [3.63, 3.8) is 0 Å². The van der Waals surface area contributed by atoms with E-state index in [1.165, 1.54) is 11.8 Å². The molecule has 0 aliphatic carbocycles. The Hall–Kier alpha value is -5.49. The Balaban J connectivity index is 1.17. The molecule has 0 aliphatic heterocycles. The highest BCUT2D eigenvalue weighted by atomic mass is 32.2. The molecule has 0 radical (unpaired) electrons. The molecule has 4 aromatic carbocycles. The van der Waals surface area contributed by atoms with Crippen molar-refractivity contribution < 1.29 is 28.5 Å². The predicted octanol–water partition coefficient (Wildman–Crippen LogP) is 5.49. The summed E-state index contributed by atoms with van der Waals surface area (Å²) in [6.45, 7) is 0.903. The second kappa shape index (κ2) is 15.2. The maximum absolute atomic E-state index is 13.2. The predicted molar refractivity (Wildman–Crippen MR) is 191 cm³/mol. The van der Waals surface area contributed by atoms with Gasteiger partial charge in [0.2, 0.25) is 5.91 Å². The standard InChI is InChI=1S/C37H37N5O6S/c1-45-30-13-9-23(19-32(30)47-3)15-17-38-34(43)22-49-37-41-28-21-25(11-12-26(28)35-40-27-7-5-6-8-29(27)42(35)37)36(44)39-18-16-24-10-14-31(46-2)33(20-24)48-4/h5-14,19-21H,15-18,22H2,1-4H3,(H,38,43)(H,39,44). The summed E-state index contributed by atoms with van der Waals surface area (Å²) < 4.78 is 23.4. The van der Waals surface area contributed by atoms with E-state index in [9.17, 15) is 9.59 Å². The van der Waals surface area contributed by atoms with Gasteiger partial charge in [0.05, 0.1) is 50.7 Å². The van der Waals surface area contributed by atoms with Crippen molar-refractivity contribution >= 4 is 51.2 Å². The van der Waals surface area contributed by atoms with E-state index >= 15 is 0 Å². The fraction of sp³-hybridized carbons (Fsp3) is 0.243. The number of rotatable bonds is 14. The molecule has 12 heteroatoms. The number of fused-ring (bicyclic) bond motifs is 5. The number of para-hydroxylation sites is 2. The minimum atomic E-state index is -0.208. The molecule has 0 saturated heterocycles. The minimum Gasteiger partial charge on any atom is -0.493 e. The van der Waals surface area contributed by atoms with Gasteiger partial charge in [0.1, 0.15) is 5.65 Å². The van der Waals surface area contributed by atoms with Crippen molar-refractivity contribution in [2.24, 2.45) is 0 Å². The normalized spacial score (nSPS) is 11.1. The van der Waals surface area contributed by atoms with Gasteiger partial charge in [-0.05, 0) is 78.6 Å². The number of carbonyl (C=O) groups is 2. The van der Waals surface area contributed by atoms with Crippen LogP contribution in [-0.4, -0.2) is 73.5 Å². The van der Waals surface area contributed by atoms with Crippen LogP contribution < -0.4 is 29.6 Å². The third kappa shape index (κ3) is 7.34. The summed E-state index contributed by atoms with van der Waals surface area (Å²) in [5.74, 6) is 2.44. The molecular weight excluding hydrogens is 643 g/mol. The smallest absolute Gasteiger partial charge is 0.251 e. The summed E-state index contributed by atoms with van der Waals surface area (Å²) >= 11 is 1.32. The molecule has 0 atom stereocenters. The van der Waals surface area contributed by atoms with Crippen molar-refractivity contribution in [2.75, 3.05) is 47.3 Å². The Morgan fingerprint density at radius 3 is 1.98 bits per heavy atom. The van der Waals surface area contributed by atoms with Crippen molar-refractivity contribution in [1.82, 2.24) is 25.0 Å². The molecule has 0 fully saturated rings. The van der Waals surface area contributed by atoms with E-state index in [-0.39, 0.29) is 17.6 Å². The molecule has 11 nitrogen and oxygen atoms in total. The van der Waals surface area contributed by atoms with Gasteiger partial charge in [0.25, 0.3) is 5.91 Å². The van der Waals surface area contributed by atoms with Crippen LogP contribution in [0.5, 0.6) is 23.0 Å². The number of aromatic nitrogens is 3. The number of methoxy groups -OCH3 is 4. The lowest BCUT2D eigenvalue weighted by molar-refractivity contribution is -0.118. The fourth-order valence-electron chi connectivity index (χ4n) is 5.63. The molecule has 0 bridgehead atoms. The van der Waals surface area contributed by atoms with Gasteiger partial charge in [-0.15, -0.1) is 0 Å². The van der Waals surface area contributed by atoms with Crippen LogP contribution in [0.25, 0.3) is 27.6 Å². The van der Waals surface area contributed by atoms with Crippen LogP contribution in [0.4, 0.5) is 0 Å². The van der Waals surface area contributed by atoms with Crippen molar-refractivity contribution in [2.45, 2.75) is 18.0 Å². The van der Waals surface area contributed by atoms with Crippen LogP contribution in [0.1, 0.15) is 21.5 Å². The second-order valence-electron chi connectivity index (χ2n) is 11.2. The summed E-state index contributed by atoms with van der Waals surface area (Å²) in [6, 6.07) is 24.7. The van der Waals surface area contributed by atoms with E-state index in [0.717, 1.165) is 27.5 Å². The third-order valence-corrected chi connectivity index (χ3v) is 9.07. The Morgan fingerprint density at radius 1 is 0.694 bits per heavy atom. The third-order valence-electron chi connectivity index (χ3n) is 8.13. The van der Waals surface area contributed by atoms with E-state index in [1.807, 2.05) is 71.1 Å². The van der Waals surface area contributed by atoms with Crippen LogP contribution in [0.3, 0.4) is 0 Å². The van der Waals surface area contributed by atoms with Crippen molar-refractivity contribution in [1.29, 1.82) is 0 Å². The molecule has 2 amide bonds. The number of carbonyl (C=O) groups excluding carboxylic acids is 2. The lowest BCUT2D eigenvalue weighted by Gasteiger charge is -2.11. The molecule has 2 N–H and O–H groups in total. The zero-order valence-corrected chi connectivity index (χ0v) is 28.6. The van der Waals surface area contributed by atoms with Crippen molar-refractivity contribution in [3.8, 4) is 23.0 Å². The zero-order chi connectivity index (χ0) is 34.3. The number of thioether (sulfide) groups is 1. The van der Waals surface area contributed by atoms with Gasteiger partial charge in [-0.25, -0.2) is 9.97 Å². The van der Waals surface area contributed by atoms with Gasteiger partial charge >= 0.3 is 0 Å². The molecule has 0 unspecified atom stereocenters. The summed E-state index contributed by atoms with van der Waals surface area (Å²) in [6.07, 6.45) is 1.26. The van der Waals surface area contributed by atoms with Crippen LogP contribution >= 0.6 is 11.8 Å². The summed E-state index contributed by atoms with van der Waals surface area (Å²) in [5.41, 5.74) is 5.55. The molecule has 49 heavy (non-hydrogen) atoms. The van der Waals surface area contributed by atoms with E-state index in [2.05, 4.69) is 10.6 Å². The molecule has 252 valence electrons. The Morgan fingerprint density at radius 2 is 1.33 bits per heavy atom. The van der Waals surface area contributed by atoms with Crippen LogP contribution in [0.2, 0.25) is 0 Å². The zero-order valence-electron chi connectivity index (χ0n) is 27.7. The molecule has 6 rings (SSSR count). The molecule has 0 spiro atoms. The quantitative estimate of drug-likeness (QED) is 0.114. The lowest BCUT2D eigenvalue weighted by Crippen LogP contribution is -2.27. The average molecular weight is 680 g/mol. The number of hydrogen-bond acceptors (Lipinski definition) is 9. The minimum absolute atomic E-state index is 0.118. The topological polar surface area (TPSA) is 125 Å². The molecular formula is C37H37N5O6S. The highest BCUT2D eigenvalue weighted by Gasteiger charge is 2.17. The van der Waals surface area contributed by atoms with Gasteiger partial charge in [0.15, 0.2) is 28.2 Å². The van der Waals surface area contributed by atoms with Gasteiger partial charge in [-0.1, -0.05) is 36.0 Å². The van der Waals surface area contributed by atoms with Gasteiger partial charge in [-0.2, -0.15) is 0 Å². The Labute approximate surface area is 287 Å². The second-order valence-corrected chi connectivity index (χ2v) is 12.1. The SMILES string of the molecule is COc1ccc(CCNC(=O)CSc2nc3cc(C(=O)NCCc4ccc(OC)c(OC)c4)ccc3c3nc4ccccc4n23)cc1OC. The average Bonchev–Trinajstić information content (AvgIpc) is 3.53. The summed E-state index contributed by atoms with van der Waals surface area (Å²) in [5, 5.41) is 7.42. The molecule has 2 heterocycles. The lowest BCUT2D eigenvalue weighted by atomic mass is 10.1. The summed E-state index contributed by atoms with van der Waals surface area (Å²) in [4.78, 5) is 36.0. The number of imidazole rings is 1. The molecule has 0 aliphatic rings. The van der Waals surface area contributed by atoms with Crippen LogP contribution in [-0.2, 0) is 17.6 Å². The first-order valence-corrected chi connectivity index (χ1v) is 16.7. The Bertz CT molecular complexity index is 2150. The van der Waals surface area contributed by atoms with Crippen LogP contribution in [0.15, 0.2) is 84.0 Å². The molecule has 0 saturated carbocycles. The number of nitrogens with zero attached hydrogens (tertiary/aromatic N) is 3. The maximum atomic E-state index is 13.2. The highest BCUT2D eigenvalue weighted by molar-refractivity contribution is 7.99. The maximum Gasteiger partial charge on any atom is 0.251 e. The van der Waals surface area contributed by atoms with Gasteiger partial charge < -0.3 is 29.6 Å². The number of hydrogen-bond donors (Lipinski definition) is 2. The van der Waals surface area contributed by atoms with E-state index in [0.29, 0.717) is 70.8 Å². The first-order valence-electron chi connectivity index (χ1n) is 15.7. The van der Waals surface area contributed by atoms with E-state index < -0.39 is 0 Å². The van der Waals surface area contributed by atoms with Gasteiger partial charge in [-0.3, -0.25) is 14.0 Å². The first kappa shape index (κ1) is 33.4. The molecule has 6 aromatic rings. The monoisotopic (exact) mass is 679 g/mol. The molecule has 2 aromatic heterocycles. The summed E-state index contributed by atoms with van der Waals surface area (Å²) in [7, 11) is 6.39. The highest BCUT2D eigenvalue weighted by Crippen LogP contribution is 2.31. The van der Waals surface area contributed by atoms with E-state index in [4.69, 9.17) is 28.9 Å². The van der Waals surface area contributed by atoms with Crippen molar-refractivity contribution in [3.05, 3.63) is 95.6 Å². The largest absolute Gasteiger partial charge is 0.493 e. The Kier molecular flexibility index (Phi) is 10.3. The van der Waals surface area contributed by atoms with Crippen LogP contribution in [0, 0.1) is 0 Å². The van der Waals surface area contributed by atoms with E-state index in [1.54, 1.807) is 40.6 Å². The van der Waals surface area contributed by atoms with Gasteiger partial charge in [0, 0.05) is 24.0 Å².